The van der Waals surface area contributed by atoms with Crippen LogP contribution in [0.3, 0.4) is 0 Å². The van der Waals surface area contributed by atoms with E-state index in [9.17, 15) is 9.59 Å². The number of carbonyl (C=O) groups is 2. The van der Waals surface area contributed by atoms with Crippen LogP contribution in [0.4, 0.5) is 5.69 Å². The van der Waals surface area contributed by atoms with Gasteiger partial charge in [0.2, 0.25) is 11.1 Å². The highest BCUT2D eigenvalue weighted by Gasteiger charge is 2.13. The molecule has 0 unspecified atom stereocenters. The summed E-state index contributed by atoms with van der Waals surface area (Å²) < 4.78 is 6.57. The molecular formula is C14H17N5O3S. The summed E-state index contributed by atoms with van der Waals surface area (Å²) in [6, 6.07) is 7.10. The first-order chi connectivity index (χ1) is 11.0. The number of esters is 1. The van der Waals surface area contributed by atoms with Gasteiger partial charge in [0.15, 0.2) is 0 Å². The van der Waals surface area contributed by atoms with Crippen LogP contribution < -0.4 is 5.32 Å². The van der Waals surface area contributed by atoms with Crippen molar-refractivity contribution in [3.8, 4) is 5.69 Å². The Bertz CT molecular complexity index is 701. The Morgan fingerprint density at radius 3 is 2.87 bits per heavy atom. The van der Waals surface area contributed by atoms with Gasteiger partial charge in [-0.1, -0.05) is 17.8 Å². The number of amides is 1. The number of tetrazole rings is 1. The molecule has 0 spiro atoms. The molecule has 1 amide bonds. The molecule has 122 valence electrons. The highest BCUT2D eigenvalue weighted by atomic mass is 32.2. The second-order valence-corrected chi connectivity index (χ2v) is 5.87. The number of rotatable bonds is 6. The lowest BCUT2D eigenvalue weighted by Gasteiger charge is -2.08. The molecular weight excluding hydrogens is 318 g/mol. The predicted molar refractivity (Wildman–Crippen MR) is 85.4 cm³/mol. The van der Waals surface area contributed by atoms with Crippen LogP contribution >= 0.6 is 11.8 Å². The van der Waals surface area contributed by atoms with Gasteiger partial charge in [-0.05, 0) is 42.5 Å². The van der Waals surface area contributed by atoms with Gasteiger partial charge in [0.1, 0.15) is 0 Å². The first kappa shape index (κ1) is 16.9. The lowest BCUT2D eigenvalue weighted by atomic mass is 10.3. The Balaban J connectivity index is 2.11. The molecule has 0 aliphatic carbocycles. The molecule has 1 aromatic heterocycles. The van der Waals surface area contributed by atoms with Crippen LogP contribution in [0.25, 0.3) is 5.69 Å². The van der Waals surface area contributed by atoms with Gasteiger partial charge in [-0.15, -0.1) is 5.10 Å². The summed E-state index contributed by atoms with van der Waals surface area (Å²) in [7, 11) is 0. The molecule has 0 aliphatic rings. The van der Waals surface area contributed by atoms with Crippen molar-refractivity contribution in [1.82, 2.24) is 20.2 Å². The van der Waals surface area contributed by atoms with Crippen LogP contribution in [0.15, 0.2) is 29.4 Å². The molecule has 0 saturated carbocycles. The standard InChI is InChI=1S/C14H17N5O3S/c1-9(2)22-13(21)8-23-14-16-17-18-19(14)12-6-4-5-11(7-12)15-10(3)20/h4-7,9H,8H2,1-3H3,(H,15,20). The average Bonchev–Trinajstić information content (AvgIpc) is 2.92. The molecule has 0 aliphatic heterocycles. The van der Waals surface area contributed by atoms with Crippen molar-refractivity contribution in [3.05, 3.63) is 24.3 Å². The number of nitrogens with one attached hydrogen (secondary N) is 1. The van der Waals surface area contributed by atoms with Crippen molar-refractivity contribution in [1.29, 1.82) is 0 Å². The maximum Gasteiger partial charge on any atom is 0.316 e. The summed E-state index contributed by atoms with van der Waals surface area (Å²) in [5.41, 5.74) is 1.32. The van der Waals surface area contributed by atoms with Crippen molar-refractivity contribution < 1.29 is 14.3 Å². The Kier molecular flexibility index (Phi) is 5.69. The molecule has 0 atom stereocenters. The van der Waals surface area contributed by atoms with Gasteiger partial charge in [0.25, 0.3) is 0 Å². The Morgan fingerprint density at radius 1 is 1.39 bits per heavy atom. The third-order valence-corrected chi connectivity index (χ3v) is 3.43. The van der Waals surface area contributed by atoms with Crippen molar-refractivity contribution in [2.75, 3.05) is 11.1 Å². The number of ether oxygens (including phenoxy) is 1. The third-order valence-electron chi connectivity index (χ3n) is 2.54. The predicted octanol–water partition coefficient (Wildman–Crippen LogP) is 1.66. The fourth-order valence-electron chi connectivity index (χ4n) is 1.77. The zero-order chi connectivity index (χ0) is 16.8. The highest BCUT2D eigenvalue weighted by Crippen LogP contribution is 2.20. The normalized spacial score (nSPS) is 10.6. The molecule has 8 nitrogen and oxygen atoms in total. The van der Waals surface area contributed by atoms with Crippen molar-refractivity contribution >= 4 is 29.3 Å². The molecule has 0 bridgehead atoms. The van der Waals surface area contributed by atoms with Crippen molar-refractivity contribution in [2.45, 2.75) is 32.0 Å². The van der Waals surface area contributed by atoms with E-state index in [2.05, 4.69) is 20.8 Å². The van der Waals surface area contributed by atoms with Gasteiger partial charge < -0.3 is 10.1 Å². The minimum atomic E-state index is -0.327. The molecule has 0 radical (unpaired) electrons. The molecule has 2 rings (SSSR count). The molecule has 23 heavy (non-hydrogen) atoms. The van der Waals surface area contributed by atoms with E-state index in [1.54, 1.807) is 38.1 Å². The first-order valence-corrected chi connectivity index (χ1v) is 7.93. The van der Waals surface area contributed by atoms with Crippen LogP contribution in [0.2, 0.25) is 0 Å². The van der Waals surface area contributed by atoms with Gasteiger partial charge in [-0.3, -0.25) is 9.59 Å². The number of carbonyl (C=O) groups excluding carboxylic acids is 2. The van der Waals surface area contributed by atoms with Crippen molar-refractivity contribution in [2.24, 2.45) is 0 Å². The van der Waals surface area contributed by atoms with E-state index in [-0.39, 0.29) is 23.7 Å². The van der Waals surface area contributed by atoms with E-state index in [1.165, 1.54) is 23.4 Å². The summed E-state index contributed by atoms with van der Waals surface area (Å²) >= 11 is 1.18. The minimum Gasteiger partial charge on any atom is -0.462 e. The zero-order valence-corrected chi connectivity index (χ0v) is 13.8. The van der Waals surface area contributed by atoms with E-state index in [1.807, 2.05) is 0 Å². The van der Waals surface area contributed by atoms with Crippen LogP contribution in [0.5, 0.6) is 0 Å². The highest BCUT2D eigenvalue weighted by molar-refractivity contribution is 7.99. The van der Waals surface area contributed by atoms with E-state index in [0.29, 0.717) is 16.5 Å². The van der Waals surface area contributed by atoms with Crippen LogP contribution in [0.1, 0.15) is 20.8 Å². The number of nitrogens with zero attached hydrogens (tertiary/aromatic N) is 4. The van der Waals surface area contributed by atoms with E-state index in [4.69, 9.17) is 4.74 Å². The van der Waals surface area contributed by atoms with Gasteiger partial charge in [0, 0.05) is 12.6 Å². The summed E-state index contributed by atoms with van der Waals surface area (Å²) in [4.78, 5) is 22.7. The smallest absolute Gasteiger partial charge is 0.316 e. The number of hydrogen-bond donors (Lipinski definition) is 1. The van der Waals surface area contributed by atoms with E-state index >= 15 is 0 Å². The summed E-state index contributed by atoms with van der Waals surface area (Å²) in [6.45, 7) is 5.02. The molecule has 0 fully saturated rings. The largest absolute Gasteiger partial charge is 0.462 e. The Labute approximate surface area is 137 Å². The molecule has 0 saturated heterocycles. The molecule has 1 aromatic carbocycles. The summed E-state index contributed by atoms with van der Waals surface area (Å²) in [5.74, 6) is -0.374. The first-order valence-electron chi connectivity index (χ1n) is 6.94. The maximum atomic E-state index is 11.6. The zero-order valence-electron chi connectivity index (χ0n) is 13.0. The SMILES string of the molecule is CC(=O)Nc1cccc(-n2nnnc2SCC(=O)OC(C)C)c1. The van der Waals surface area contributed by atoms with Crippen LogP contribution in [-0.2, 0) is 14.3 Å². The summed E-state index contributed by atoms with van der Waals surface area (Å²) in [6.07, 6.45) is -0.159. The lowest BCUT2D eigenvalue weighted by Crippen LogP contribution is -2.13. The number of anilines is 1. The molecule has 9 heteroatoms. The molecule has 2 aromatic rings. The van der Waals surface area contributed by atoms with Crippen molar-refractivity contribution in [3.63, 3.8) is 0 Å². The average molecular weight is 335 g/mol. The van der Waals surface area contributed by atoms with Crippen LogP contribution in [0, 0.1) is 0 Å². The van der Waals surface area contributed by atoms with Gasteiger partial charge in [-0.25, -0.2) is 0 Å². The fraction of sp³-hybridized carbons (Fsp3) is 0.357. The topological polar surface area (TPSA) is 99.0 Å². The number of aromatic nitrogens is 4. The van der Waals surface area contributed by atoms with E-state index < -0.39 is 0 Å². The number of benzene rings is 1. The fourth-order valence-corrected chi connectivity index (χ4v) is 2.44. The lowest BCUT2D eigenvalue weighted by molar-refractivity contribution is -0.144. The quantitative estimate of drug-likeness (QED) is 0.633. The molecule has 1 heterocycles. The van der Waals surface area contributed by atoms with Gasteiger partial charge >= 0.3 is 5.97 Å². The maximum absolute atomic E-state index is 11.6. The summed E-state index contributed by atoms with van der Waals surface area (Å²) in [5, 5.41) is 14.6. The molecule has 1 N–H and O–H groups in total. The second-order valence-electron chi connectivity index (χ2n) is 4.93. The monoisotopic (exact) mass is 335 g/mol. The van der Waals surface area contributed by atoms with Crippen LogP contribution in [-0.4, -0.2) is 43.9 Å². The Hall–Kier alpha value is -2.42. The van der Waals surface area contributed by atoms with Gasteiger partial charge in [0.05, 0.1) is 17.5 Å². The number of hydrogen-bond acceptors (Lipinski definition) is 7. The Morgan fingerprint density at radius 2 is 2.17 bits per heavy atom. The minimum absolute atomic E-state index is 0.115. The van der Waals surface area contributed by atoms with Gasteiger partial charge in [-0.2, -0.15) is 4.68 Å². The number of thioether (sulfide) groups is 1. The van der Waals surface area contributed by atoms with E-state index in [0.717, 1.165) is 0 Å². The second kappa shape index (κ2) is 7.73. The third kappa shape index (κ3) is 5.06.